The van der Waals surface area contributed by atoms with Crippen molar-refractivity contribution >= 4 is 0 Å². The van der Waals surface area contributed by atoms with Crippen LogP contribution >= 0.6 is 0 Å². The lowest BCUT2D eigenvalue weighted by molar-refractivity contribution is 0.313. The molecular weight excluding hydrogens is 146 g/mol. The van der Waals surface area contributed by atoms with E-state index in [0.29, 0.717) is 0 Å². The summed E-state index contributed by atoms with van der Waals surface area (Å²) in [5.41, 5.74) is 1.65. The molecule has 1 heterocycles. The average Bonchev–Trinajstić information content (AvgIpc) is 2.10. The van der Waals surface area contributed by atoms with Gasteiger partial charge in [-0.05, 0) is 25.3 Å². The summed E-state index contributed by atoms with van der Waals surface area (Å²) in [6, 6.07) is 0. The minimum atomic E-state index is 0.728. The quantitative estimate of drug-likeness (QED) is 0.542. The Bertz CT molecular complexity index is 170. The molecule has 0 fully saturated rings. The minimum Gasteiger partial charge on any atom is -0.305 e. The van der Waals surface area contributed by atoms with Gasteiger partial charge in [0.1, 0.15) is 0 Å². The van der Waals surface area contributed by atoms with Gasteiger partial charge in [-0.2, -0.15) is 0 Å². The van der Waals surface area contributed by atoms with E-state index >= 15 is 0 Å². The molecule has 0 saturated heterocycles. The van der Waals surface area contributed by atoms with Crippen LogP contribution in [0.4, 0.5) is 0 Å². The molecule has 0 aromatic heterocycles. The molecule has 0 spiro atoms. The monoisotopic (exact) mass is 167 g/mol. The van der Waals surface area contributed by atoms with E-state index < -0.39 is 0 Å². The Hall–Kier alpha value is -0.300. The van der Waals surface area contributed by atoms with Gasteiger partial charge in [-0.3, -0.25) is 0 Å². The molecule has 1 nitrogen and oxygen atoms in total. The van der Waals surface area contributed by atoms with E-state index in [1.807, 2.05) is 0 Å². The Balaban J connectivity index is 2.65. The van der Waals surface area contributed by atoms with Crippen molar-refractivity contribution in [1.29, 1.82) is 0 Å². The number of rotatable bonds is 1. The van der Waals surface area contributed by atoms with Gasteiger partial charge in [0, 0.05) is 13.1 Å². The van der Waals surface area contributed by atoms with E-state index in [9.17, 15) is 0 Å². The SMILES string of the molecule is CC(C)C1=CCCN(C)C[C@H]1C. The van der Waals surface area contributed by atoms with Crippen molar-refractivity contribution < 1.29 is 0 Å². The summed E-state index contributed by atoms with van der Waals surface area (Å²) in [6.45, 7) is 9.39. The zero-order valence-corrected chi connectivity index (χ0v) is 8.80. The highest BCUT2D eigenvalue weighted by molar-refractivity contribution is 5.10. The van der Waals surface area contributed by atoms with E-state index in [1.165, 1.54) is 19.5 Å². The molecular formula is C11H21N. The third-order valence-corrected chi connectivity index (χ3v) is 2.71. The lowest BCUT2D eigenvalue weighted by Gasteiger charge is -2.21. The summed E-state index contributed by atoms with van der Waals surface area (Å²) in [4.78, 5) is 2.43. The fourth-order valence-electron chi connectivity index (χ4n) is 2.12. The van der Waals surface area contributed by atoms with E-state index in [4.69, 9.17) is 0 Å². The molecule has 0 aromatic rings. The molecule has 0 aliphatic carbocycles. The standard InChI is InChI=1S/C11H21N/c1-9(2)11-6-5-7-12(4)8-10(11)3/h6,9-10H,5,7-8H2,1-4H3/t10-/m1/s1. The molecule has 12 heavy (non-hydrogen) atoms. The summed E-state index contributed by atoms with van der Waals surface area (Å²) in [6.07, 6.45) is 3.67. The zero-order valence-electron chi connectivity index (χ0n) is 8.80. The lowest BCUT2D eigenvalue weighted by atomic mass is 9.91. The number of nitrogens with zero attached hydrogens (tertiary/aromatic N) is 1. The van der Waals surface area contributed by atoms with E-state index in [0.717, 1.165) is 11.8 Å². The van der Waals surface area contributed by atoms with Gasteiger partial charge in [0.05, 0.1) is 0 Å². The third-order valence-electron chi connectivity index (χ3n) is 2.71. The van der Waals surface area contributed by atoms with Gasteiger partial charge in [-0.1, -0.05) is 32.4 Å². The average molecular weight is 167 g/mol. The molecule has 1 aliphatic rings. The molecule has 1 rings (SSSR count). The first kappa shape index (κ1) is 9.79. The first-order chi connectivity index (χ1) is 5.61. The highest BCUT2D eigenvalue weighted by atomic mass is 15.1. The van der Waals surface area contributed by atoms with Crippen molar-refractivity contribution in [1.82, 2.24) is 4.90 Å². The van der Waals surface area contributed by atoms with Crippen LogP contribution in [0.2, 0.25) is 0 Å². The molecule has 1 aliphatic heterocycles. The minimum absolute atomic E-state index is 0.728. The summed E-state index contributed by atoms with van der Waals surface area (Å²) in [7, 11) is 2.22. The van der Waals surface area contributed by atoms with Crippen molar-refractivity contribution in [3.05, 3.63) is 11.6 Å². The lowest BCUT2D eigenvalue weighted by Crippen LogP contribution is -2.24. The normalized spacial score (nSPS) is 27.1. The van der Waals surface area contributed by atoms with Crippen LogP contribution in [0, 0.1) is 11.8 Å². The molecule has 0 amide bonds. The zero-order chi connectivity index (χ0) is 9.14. The number of hydrogen-bond acceptors (Lipinski definition) is 1. The van der Waals surface area contributed by atoms with Crippen LogP contribution in [-0.2, 0) is 0 Å². The third kappa shape index (κ3) is 2.34. The van der Waals surface area contributed by atoms with Gasteiger partial charge in [0.2, 0.25) is 0 Å². The fourth-order valence-corrected chi connectivity index (χ4v) is 2.12. The molecule has 0 bridgehead atoms. The fraction of sp³-hybridized carbons (Fsp3) is 0.818. The molecule has 0 unspecified atom stereocenters. The molecule has 0 aromatic carbocycles. The van der Waals surface area contributed by atoms with Crippen LogP contribution in [0.25, 0.3) is 0 Å². The van der Waals surface area contributed by atoms with Gasteiger partial charge in [0.25, 0.3) is 0 Å². The van der Waals surface area contributed by atoms with E-state index in [1.54, 1.807) is 5.57 Å². The summed E-state index contributed by atoms with van der Waals surface area (Å²) in [5.74, 6) is 1.48. The Kier molecular flexibility index (Phi) is 3.33. The van der Waals surface area contributed by atoms with Gasteiger partial charge in [-0.15, -0.1) is 0 Å². The van der Waals surface area contributed by atoms with Crippen molar-refractivity contribution in [3.8, 4) is 0 Å². The van der Waals surface area contributed by atoms with Crippen molar-refractivity contribution in [2.45, 2.75) is 27.2 Å². The second-order valence-corrected chi connectivity index (χ2v) is 4.31. The first-order valence-corrected chi connectivity index (χ1v) is 4.99. The maximum absolute atomic E-state index is 2.44. The van der Waals surface area contributed by atoms with Crippen molar-refractivity contribution in [2.75, 3.05) is 20.1 Å². The molecule has 1 atom stereocenters. The Morgan fingerprint density at radius 3 is 2.75 bits per heavy atom. The number of hydrogen-bond donors (Lipinski definition) is 0. The second kappa shape index (κ2) is 4.08. The van der Waals surface area contributed by atoms with Crippen molar-refractivity contribution in [3.63, 3.8) is 0 Å². The molecule has 70 valence electrons. The highest BCUT2D eigenvalue weighted by Gasteiger charge is 2.16. The van der Waals surface area contributed by atoms with Crippen LogP contribution in [0.1, 0.15) is 27.2 Å². The topological polar surface area (TPSA) is 3.24 Å². The second-order valence-electron chi connectivity index (χ2n) is 4.31. The van der Waals surface area contributed by atoms with Crippen molar-refractivity contribution in [2.24, 2.45) is 11.8 Å². The van der Waals surface area contributed by atoms with Crippen LogP contribution in [0.5, 0.6) is 0 Å². The first-order valence-electron chi connectivity index (χ1n) is 4.99. The van der Waals surface area contributed by atoms with Crippen LogP contribution in [0.3, 0.4) is 0 Å². The maximum Gasteiger partial charge on any atom is 0.00415 e. The summed E-state index contributed by atoms with van der Waals surface area (Å²) < 4.78 is 0. The van der Waals surface area contributed by atoms with Crippen LogP contribution in [-0.4, -0.2) is 25.0 Å². The van der Waals surface area contributed by atoms with Crippen LogP contribution < -0.4 is 0 Å². The van der Waals surface area contributed by atoms with Gasteiger partial charge in [-0.25, -0.2) is 0 Å². The molecule has 0 radical (unpaired) electrons. The molecule has 0 saturated carbocycles. The highest BCUT2D eigenvalue weighted by Crippen LogP contribution is 2.23. The Morgan fingerprint density at radius 2 is 2.17 bits per heavy atom. The van der Waals surface area contributed by atoms with E-state index in [-0.39, 0.29) is 0 Å². The van der Waals surface area contributed by atoms with Gasteiger partial charge in [0.15, 0.2) is 0 Å². The summed E-state index contributed by atoms with van der Waals surface area (Å²) >= 11 is 0. The predicted octanol–water partition coefficient (Wildman–Crippen LogP) is 2.54. The predicted molar refractivity (Wildman–Crippen MR) is 54.2 cm³/mol. The van der Waals surface area contributed by atoms with Gasteiger partial charge >= 0.3 is 0 Å². The smallest absolute Gasteiger partial charge is 0.00415 e. The molecule has 0 N–H and O–H groups in total. The largest absolute Gasteiger partial charge is 0.305 e. The summed E-state index contributed by atoms with van der Waals surface area (Å²) in [5, 5.41) is 0. The van der Waals surface area contributed by atoms with Crippen LogP contribution in [0.15, 0.2) is 11.6 Å². The van der Waals surface area contributed by atoms with Gasteiger partial charge < -0.3 is 4.90 Å². The van der Waals surface area contributed by atoms with E-state index in [2.05, 4.69) is 38.8 Å². The molecule has 1 heteroatoms. The Morgan fingerprint density at radius 1 is 1.50 bits per heavy atom. The Labute approximate surface area is 76.5 Å². The maximum atomic E-state index is 2.44.